The number of aliphatic carboxylic acids is 1. The van der Waals surface area contributed by atoms with Crippen molar-refractivity contribution in [2.75, 3.05) is 6.54 Å². The predicted molar refractivity (Wildman–Crippen MR) is 93.0 cm³/mol. The number of amides is 1. The van der Waals surface area contributed by atoms with Gasteiger partial charge in [0.2, 0.25) is 5.54 Å². The van der Waals surface area contributed by atoms with Crippen LogP contribution in [-0.2, 0) is 9.22 Å². The molecule has 1 heterocycles. The summed E-state index contributed by atoms with van der Waals surface area (Å²) in [5.74, 6) is -1.15. The molecule has 0 aromatic heterocycles. The molecule has 0 bridgehead atoms. The van der Waals surface area contributed by atoms with Crippen molar-refractivity contribution in [2.24, 2.45) is 0 Å². The predicted octanol–water partition coefficient (Wildman–Crippen LogP) is 2.58. The number of quaternary nitrogens is 1. The molecule has 1 fully saturated rings. The molecule has 0 aromatic rings. The maximum absolute atomic E-state index is 12.3. The summed E-state index contributed by atoms with van der Waals surface area (Å²) in [6, 6.07) is 0. The summed E-state index contributed by atoms with van der Waals surface area (Å²) in [4.78, 5) is 24.4. The second-order valence-electron chi connectivity index (χ2n) is 9.58. The van der Waals surface area contributed by atoms with Gasteiger partial charge in [0.1, 0.15) is 6.10 Å². The molecule has 1 saturated heterocycles. The molecule has 24 heavy (non-hydrogen) atoms. The van der Waals surface area contributed by atoms with E-state index in [1.54, 1.807) is 20.8 Å². The highest BCUT2D eigenvalue weighted by Crippen LogP contribution is 2.48. The molecule has 0 saturated carbocycles. The molecule has 6 nitrogen and oxygen atoms in total. The monoisotopic (exact) mass is 359 g/mol. The third-order valence-corrected chi connectivity index (χ3v) is 10.8. The molecular weight excluding hydrogens is 326 g/mol. The van der Waals surface area contributed by atoms with Crippen LogP contribution in [0.4, 0.5) is 4.79 Å². The number of likely N-dealkylation sites (tertiary alicyclic amines) is 1. The lowest BCUT2D eigenvalue weighted by atomic mass is 9.88. The second-order valence-corrected chi connectivity index (χ2v) is 14.3. The minimum atomic E-state index is -2.25. The highest BCUT2D eigenvalue weighted by atomic mass is 28.4. The molecule has 0 spiro atoms. The van der Waals surface area contributed by atoms with Crippen molar-refractivity contribution in [1.29, 1.82) is 0 Å². The van der Waals surface area contributed by atoms with Crippen molar-refractivity contribution in [3.8, 4) is 0 Å². The Morgan fingerprint density at radius 3 is 1.96 bits per heavy atom. The number of carbonyl (C=O) groups is 2. The van der Waals surface area contributed by atoms with Crippen LogP contribution in [0.5, 0.6) is 0 Å². The number of carboxylic acid groups (broad SMARTS) is 2. The number of rotatable bonds is 3. The van der Waals surface area contributed by atoms with E-state index in [4.69, 9.17) is 4.43 Å². The van der Waals surface area contributed by atoms with E-state index in [0.29, 0.717) is 6.42 Å². The first kappa shape index (κ1) is 21.1. The van der Waals surface area contributed by atoms with Crippen LogP contribution in [0, 0.1) is 0 Å². The molecule has 0 radical (unpaired) electrons. The highest BCUT2D eigenvalue weighted by molar-refractivity contribution is 6.74. The molecule has 1 rings (SSSR count). The van der Waals surface area contributed by atoms with E-state index in [2.05, 4.69) is 33.9 Å². The van der Waals surface area contributed by atoms with Crippen LogP contribution in [0.1, 0.15) is 54.9 Å². The van der Waals surface area contributed by atoms with Crippen LogP contribution in [0.25, 0.3) is 0 Å². The van der Waals surface area contributed by atoms with Crippen LogP contribution in [0.15, 0.2) is 0 Å². The summed E-state index contributed by atoms with van der Waals surface area (Å²) in [5.41, 5.74) is -2.41. The van der Waals surface area contributed by atoms with E-state index in [1.165, 1.54) is 6.92 Å². The summed E-state index contributed by atoms with van der Waals surface area (Å²) in [5, 5.41) is 22.1. The molecule has 140 valence electrons. The number of hydrogen-bond donors (Lipinski definition) is 1. The van der Waals surface area contributed by atoms with E-state index in [9.17, 15) is 19.8 Å². The van der Waals surface area contributed by atoms with E-state index < -0.39 is 42.0 Å². The Morgan fingerprint density at radius 2 is 1.67 bits per heavy atom. The zero-order chi connectivity index (χ0) is 19.4. The van der Waals surface area contributed by atoms with Gasteiger partial charge in [-0.1, -0.05) is 20.8 Å². The van der Waals surface area contributed by atoms with Crippen LogP contribution >= 0.6 is 0 Å². The minimum absolute atomic E-state index is 0.0894. The number of nitrogens with zero attached hydrogens (tertiary/aromatic N) is 1. The molecule has 1 N–H and O–H groups in total. The summed E-state index contributed by atoms with van der Waals surface area (Å²) in [7, 11) is -2.25. The standard InChI is InChI=1S/C17H33NO5Si/c1-15(2,3)18(14(21)22)11-10-12(17(18,7)13(19)20)23-24(8,9)16(4,5)6/h12H,10-11H2,1-9H3,(H-,19,20,21,22)/t12-,17-,18?/m0/s1. The van der Waals surface area contributed by atoms with Gasteiger partial charge in [-0.05, 0) is 38.9 Å². The van der Waals surface area contributed by atoms with Crippen LogP contribution in [-0.4, -0.2) is 53.7 Å². The summed E-state index contributed by atoms with van der Waals surface area (Å²) >= 11 is 0. The summed E-state index contributed by atoms with van der Waals surface area (Å²) in [6.45, 7) is 17.3. The Kier molecular flexibility index (Phi) is 5.11. The number of hydrogen-bond acceptors (Lipinski definition) is 4. The molecule has 0 aliphatic carbocycles. The van der Waals surface area contributed by atoms with Crippen LogP contribution in [0.2, 0.25) is 18.1 Å². The van der Waals surface area contributed by atoms with Gasteiger partial charge in [0, 0.05) is 13.3 Å². The molecule has 0 aromatic carbocycles. The first-order valence-electron chi connectivity index (χ1n) is 8.46. The number of carbonyl (C=O) groups excluding carboxylic acids is 1. The maximum Gasteiger partial charge on any atom is 0.368 e. The van der Waals surface area contributed by atoms with Gasteiger partial charge in [0.15, 0.2) is 8.32 Å². The largest absolute Gasteiger partial charge is 0.498 e. The Bertz CT molecular complexity index is 534. The van der Waals surface area contributed by atoms with Crippen LogP contribution < -0.4 is 5.11 Å². The normalized spacial score (nSPS) is 32.0. The van der Waals surface area contributed by atoms with Crippen molar-refractivity contribution < 1.29 is 28.7 Å². The summed E-state index contributed by atoms with van der Waals surface area (Å²) in [6.07, 6.45) is -1.62. The van der Waals surface area contributed by atoms with Crippen molar-refractivity contribution >= 4 is 20.4 Å². The molecule has 1 aliphatic heterocycles. The quantitative estimate of drug-likeness (QED) is 0.618. The van der Waals surface area contributed by atoms with Crippen molar-refractivity contribution in [3.05, 3.63) is 0 Å². The molecule has 7 heteroatoms. The first-order valence-corrected chi connectivity index (χ1v) is 11.4. The van der Waals surface area contributed by atoms with E-state index in [1.807, 2.05) is 0 Å². The topological polar surface area (TPSA) is 86.7 Å². The van der Waals surface area contributed by atoms with Gasteiger partial charge < -0.3 is 19.4 Å². The SMILES string of the molecule is CC(C)(C)[N+]1(C(=O)[O-])CC[C@H](O[Si](C)(C)C(C)(C)C)[C@@]1(C)C(=O)O. The zero-order valence-corrected chi connectivity index (χ0v) is 17.5. The fraction of sp³-hybridized carbons (Fsp3) is 0.882. The molecule has 1 amide bonds. The van der Waals surface area contributed by atoms with Crippen LogP contribution in [0.3, 0.4) is 0 Å². The fourth-order valence-corrected chi connectivity index (χ4v) is 5.08. The first-order chi connectivity index (χ1) is 10.4. The lowest BCUT2D eigenvalue weighted by molar-refractivity contribution is -0.944. The van der Waals surface area contributed by atoms with Gasteiger partial charge in [-0.2, -0.15) is 0 Å². The second kappa shape index (κ2) is 5.81. The Balaban J connectivity index is 3.49. The van der Waals surface area contributed by atoms with E-state index in [0.717, 1.165) is 0 Å². The average molecular weight is 360 g/mol. The van der Waals surface area contributed by atoms with Gasteiger partial charge in [0.05, 0.1) is 12.1 Å². The Labute approximate surface area is 146 Å². The minimum Gasteiger partial charge on any atom is -0.498 e. The smallest absolute Gasteiger partial charge is 0.368 e. The lowest BCUT2D eigenvalue weighted by Gasteiger charge is -2.54. The van der Waals surface area contributed by atoms with E-state index in [-0.39, 0.29) is 11.6 Å². The number of carboxylic acids is 1. The highest BCUT2D eigenvalue weighted by Gasteiger charge is 2.70. The molecule has 3 atom stereocenters. The van der Waals surface area contributed by atoms with Crippen molar-refractivity contribution in [3.63, 3.8) is 0 Å². The van der Waals surface area contributed by atoms with Gasteiger partial charge in [0.25, 0.3) is 6.09 Å². The van der Waals surface area contributed by atoms with Gasteiger partial charge >= 0.3 is 5.97 Å². The summed E-state index contributed by atoms with van der Waals surface area (Å²) < 4.78 is 5.76. The van der Waals surface area contributed by atoms with Crippen molar-refractivity contribution in [1.82, 2.24) is 0 Å². The molecule has 1 aliphatic rings. The van der Waals surface area contributed by atoms with Gasteiger partial charge in [-0.3, -0.25) is 4.48 Å². The maximum atomic E-state index is 12.3. The van der Waals surface area contributed by atoms with Gasteiger partial charge in [-0.25, -0.2) is 4.79 Å². The van der Waals surface area contributed by atoms with Crippen molar-refractivity contribution in [2.45, 2.75) is 90.2 Å². The zero-order valence-electron chi connectivity index (χ0n) is 16.5. The Hall–Kier alpha value is -0.923. The molecule has 1 unspecified atom stereocenters. The Morgan fingerprint density at radius 1 is 1.21 bits per heavy atom. The molecular formula is C17H33NO5Si. The third kappa shape index (κ3) is 2.80. The van der Waals surface area contributed by atoms with Gasteiger partial charge in [-0.15, -0.1) is 0 Å². The lowest BCUT2D eigenvalue weighted by Crippen LogP contribution is -2.78. The average Bonchev–Trinajstić information content (AvgIpc) is 2.62. The fourth-order valence-electron chi connectivity index (χ4n) is 3.66. The third-order valence-electron chi connectivity index (χ3n) is 6.28. The van der Waals surface area contributed by atoms with E-state index >= 15 is 0 Å².